The Balaban J connectivity index is 2.17. The van der Waals surface area contributed by atoms with Crippen LogP contribution in [-0.4, -0.2) is 19.9 Å². The Labute approximate surface area is 119 Å². The zero-order chi connectivity index (χ0) is 14.2. The Hall–Kier alpha value is -2.55. The van der Waals surface area contributed by atoms with E-state index in [2.05, 4.69) is 11.6 Å². The molecule has 0 aliphatic carbocycles. The fraction of sp³-hybridized carbons (Fsp3) is 0.118. The van der Waals surface area contributed by atoms with E-state index in [9.17, 15) is 0 Å². The molecule has 2 aromatic rings. The molecule has 102 valence electrons. The number of methoxy groups -OCH3 is 1. The zero-order valence-corrected chi connectivity index (χ0v) is 11.5. The van der Waals surface area contributed by atoms with E-state index >= 15 is 0 Å². The zero-order valence-electron chi connectivity index (χ0n) is 11.5. The summed E-state index contributed by atoms with van der Waals surface area (Å²) in [6.45, 7) is 4.08. The minimum atomic E-state index is 0.452. The van der Waals surface area contributed by atoms with Gasteiger partial charge in [-0.1, -0.05) is 30.9 Å². The van der Waals surface area contributed by atoms with E-state index < -0.39 is 0 Å². The standard InChI is InChI=1S/C17H17NO2/c1-3-11-20-16-10-9-14(12-17(16)19-2)13-18-15-7-5-4-6-8-15/h3-10,12-13H,1,11H2,2H3. The Kier molecular flexibility index (Phi) is 4.95. The van der Waals surface area contributed by atoms with E-state index in [0.29, 0.717) is 18.1 Å². The van der Waals surface area contributed by atoms with E-state index in [0.717, 1.165) is 11.3 Å². The summed E-state index contributed by atoms with van der Waals surface area (Å²) in [4.78, 5) is 4.41. The third kappa shape index (κ3) is 3.72. The number of aliphatic imine (C=N–C) groups is 1. The fourth-order valence-electron chi connectivity index (χ4n) is 1.70. The van der Waals surface area contributed by atoms with Gasteiger partial charge >= 0.3 is 0 Å². The van der Waals surface area contributed by atoms with Crippen LogP contribution in [0.1, 0.15) is 5.56 Å². The Morgan fingerprint density at radius 1 is 1.10 bits per heavy atom. The van der Waals surface area contributed by atoms with Gasteiger partial charge in [0.1, 0.15) is 6.61 Å². The SMILES string of the molecule is C=CCOc1ccc(C=Nc2ccccc2)cc1OC. The molecule has 0 saturated carbocycles. The van der Waals surface area contributed by atoms with Gasteiger partial charge in [0.15, 0.2) is 11.5 Å². The van der Waals surface area contributed by atoms with Gasteiger partial charge in [0.05, 0.1) is 12.8 Å². The van der Waals surface area contributed by atoms with E-state index in [1.807, 2.05) is 48.5 Å². The molecule has 2 aromatic carbocycles. The molecule has 3 nitrogen and oxygen atoms in total. The van der Waals surface area contributed by atoms with Gasteiger partial charge in [0.25, 0.3) is 0 Å². The largest absolute Gasteiger partial charge is 0.493 e. The third-order valence-corrected chi connectivity index (χ3v) is 2.66. The number of ether oxygens (including phenoxy) is 2. The van der Waals surface area contributed by atoms with Gasteiger partial charge in [0.2, 0.25) is 0 Å². The highest BCUT2D eigenvalue weighted by Gasteiger charge is 2.04. The highest BCUT2D eigenvalue weighted by molar-refractivity contribution is 5.83. The van der Waals surface area contributed by atoms with Gasteiger partial charge in [0, 0.05) is 6.21 Å². The van der Waals surface area contributed by atoms with E-state index in [1.165, 1.54) is 0 Å². The monoisotopic (exact) mass is 267 g/mol. The molecule has 0 unspecified atom stereocenters. The maximum atomic E-state index is 5.51. The molecule has 0 aromatic heterocycles. The van der Waals surface area contributed by atoms with Crippen molar-refractivity contribution in [2.45, 2.75) is 0 Å². The molecular formula is C17H17NO2. The van der Waals surface area contributed by atoms with E-state index in [-0.39, 0.29) is 0 Å². The van der Waals surface area contributed by atoms with Crippen molar-refractivity contribution in [2.75, 3.05) is 13.7 Å². The lowest BCUT2D eigenvalue weighted by atomic mass is 10.2. The summed E-state index contributed by atoms with van der Waals surface area (Å²) in [5.41, 5.74) is 1.87. The Bertz CT molecular complexity index is 591. The summed E-state index contributed by atoms with van der Waals surface area (Å²) in [5, 5.41) is 0. The molecule has 3 heteroatoms. The van der Waals surface area contributed by atoms with Crippen molar-refractivity contribution < 1.29 is 9.47 Å². The minimum absolute atomic E-state index is 0.452. The molecule has 0 aliphatic heterocycles. The van der Waals surface area contributed by atoms with Crippen molar-refractivity contribution >= 4 is 11.9 Å². The quantitative estimate of drug-likeness (QED) is 0.585. The summed E-state index contributed by atoms with van der Waals surface area (Å²) in [7, 11) is 1.62. The Morgan fingerprint density at radius 3 is 2.60 bits per heavy atom. The first-order valence-electron chi connectivity index (χ1n) is 6.34. The molecule has 0 saturated heterocycles. The third-order valence-electron chi connectivity index (χ3n) is 2.66. The second-order valence-corrected chi connectivity index (χ2v) is 4.10. The number of hydrogen-bond donors (Lipinski definition) is 0. The summed E-state index contributed by atoms with van der Waals surface area (Å²) >= 11 is 0. The molecular weight excluding hydrogens is 250 g/mol. The van der Waals surface area contributed by atoms with Crippen molar-refractivity contribution in [3.63, 3.8) is 0 Å². The second kappa shape index (κ2) is 7.14. The van der Waals surface area contributed by atoms with Crippen LogP contribution in [0, 0.1) is 0 Å². The number of para-hydroxylation sites is 1. The van der Waals surface area contributed by atoms with Crippen LogP contribution in [0.2, 0.25) is 0 Å². The van der Waals surface area contributed by atoms with Crippen LogP contribution >= 0.6 is 0 Å². The molecule has 0 aliphatic rings. The van der Waals surface area contributed by atoms with E-state index in [4.69, 9.17) is 9.47 Å². The summed E-state index contributed by atoms with van der Waals surface area (Å²) in [6.07, 6.45) is 3.50. The van der Waals surface area contributed by atoms with Gasteiger partial charge in [-0.15, -0.1) is 0 Å². The molecule has 0 atom stereocenters. The van der Waals surface area contributed by atoms with Crippen LogP contribution in [-0.2, 0) is 0 Å². The van der Waals surface area contributed by atoms with Crippen LogP contribution in [0.25, 0.3) is 0 Å². The summed E-state index contributed by atoms with van der Waals surface area (Å²) in [5.74, 6) is 1.38. The predicted octanol–water partition coefficient (Wildman–Crippen LogP) is 4.01. The molecule has 0 fully saturated rings. The van der Waals surface area contributed by atoms with Crippen LogP contribution in [0.4, 0.5) is 5.69 Å². The lowest BCUT2D eigenvalue weighted by molar-refractivity contribution is 0.326. The first kappa shape index (κ1) is 13.9. The predicted molar refractivity (Wildman–Crippen MR) is 82.4 cm³/mol. The average Bonchev–Trinajstić information content (AvgIpc) is 2.52. The second-order valence-electron chi connectivity index (χ2n) is 4.10. The lowest BCUT2D eigenvalue weighted by Crippen LogP contribution is -1.97. The Morgan fingerprint density at radius 2 is 1.90 bits per heavy atom. The van der Waals surface area contributed by atoms with Crippen LogP contribution in [0.3, 0.4) is 0 Å². The maximum absolute atomic E-state index is 5.51. The smallest absolute Gasteiger partial charge is 0.161 e. The van der Waals surface area contributed by atoms with Crippen molar-refractivity contribution in [1.82, 2.24) is 0 Å². The number of benzene rings is 2. The normalized spacial score (nSPS) is 10.4. The summed E-state index contributed by atoms with van der Waals surface area (Å²) < 4.78 is 10.8. The topological polar surface area (TPSA) is 30.8 Å². The maximum Gasteiger partial charge on any atom is 0.161 e. The molecule has 2 rings (SSSR count). The van der Waals surface area contributed by atoms with Crippen molar-refractivity contribution in [2.24, 2.45) is 4.99 Å². The highest BCUT2D eigenvalue weighted by Crippen LogP contribution is 2.27. The van der Waals surface area contributed by atoms with Crippen LogP contribution < -0.4 is 9.47 Å². The molecule has 20 heavy (non-hydrogen) atoms. The highest BCUT2D eigenvalue weighted by atomic mass is 16.5. The molecule has 0 heterocycles. The molecule has 0 amide bonds. The van der Waals surface area contributed by atoms with Crippen molar-refractivity contribution in [3.8, 4) is 11.5 Å². The summed E-state index contributed by atoms with van der Waals surface area (Å²) in [6, 6.07) is 15.5. The minimum Gasteiger partial charge on any atom is -0.493 e. The van der Waals surface area contributed by atoms with Gasteiger partial charge in [-0.25, -0.2) is 0 Å². The van der Waals surface area contributed by atoms with Gasteiger partial charge < -0.3 is 9.47 Å². The van der Waals surface area contributed by atoms with Crippen LogP contribution in [0.15, 0.2) is 66.2 Å². The van der Waals surface area contributed by atoms with Gasteiger partial charge in [-0.05, 0) is 35.9 Å². The number of rotatable bonds is 6. The van der Waals surface area contributed by atoms with E-state index in [1.54, 1.807) is 19.4 Å². The van der Waals surface area contributed by atoms with Crippen molar-refractivity contribution in [3.05, 3.63) is 66.7 Å². The van der Waals surface area contributed by atoms with Gasteiger partial charge in [-0.3, -0.25) is 4.99 Å². The molecule has 0 N–H and O–H groups in total. The van der Waals surface area contributed by atoms with Gasteiger partial charge in [-0.2, -0.15) is 0 Å². The number of nitrogens with zero attached hydrogens (tertiary/aromatic N) is 1. The number of hydrogen-bond acceptors (Lipinski definition) is 3. The van der Waals surface area contributed by atoms with Crippen LogP contribution in [0.5, 0.6) is 11.5 Å². The average molecular weight is 267 g/mol. The fourth-order valence-corrected chi connectivity index (χ4v) is 1.70. The van der Waals surface area contributed by atoms with Crippen molar-refractivity contribution in [1.29, 1.82) is 0 Å². The molecule has 0 spiro atoms. The molecule has 0 radical (unpaired) electrons. The lowest BCUT2D eigenvalue weighted by Gasteiger charge is -2.09. The first-order chi connectivity index (χ1) is 9.83. The first-order valence-corrected chi connectivity index (χ1v) is 6.34. The molecule has 0 bridgehead atoms.